The molecule has 1 fully saturated rings. The Morgan fingerprint density at radius 2 is 1.80 bits per heavy atom. The van der Waals surface area contributed by atoms with Gasteiger partial charge in [0.2, 0.25) is 0 Å². The molecule has 1 aliphatic rings. The molecule has 1 aliphatic carbocycles. The van der Waals surface area contributed by atoms with E-state index in [1.807, 2.05) is 0 Å². The molecule has 1 saturated carbocycles. The van der Waals surface area contributed by atoms with Gasteiger partial charge in [-0.1, -0.05) is 40.5 Å². The first-order valence-corrected chi connectivity index (χ1v) is 6.32. The van der Waals surface area contributed by atoms with Gasteiger partial charge in [-0.05, 0) is 25.7 Å². The average molecular weight is 214 g/mol. The second-order valence-corrected chi connectivity index (χ2v) is 5.56. The summed E-state index contributed by atoms with van der Waals surface area (Å²) in [4.78, 5) is 0. The first-order valence-electron chi connectivity index (χ1n) is 6.32. The van der Waals surface area contributed by atoms with Crippen LogP contribution < -0.4 is 0 Å². The molecule has 90 valence electrons. The van der Waals surface area contributed by atoms with E-state index in [9.17, 15) is 5.11 Å². The molecular formula is C13H26O2. The molecule has 0 saturated heterocycles. The Kier molecular flexibility index (Phi) is 4.19. The summed E-state index contributed by atoms with van der Waals surface area (Å²) in [5.74, 6) is 0. The van der Waals surface area contributed by atoms with Gasteiger partial charge >= 0.3 is 0 Å². The zero-order valence-electron chi connectivity index (χ0n) is 10.7. The van der Waals surface area contributed by atoms with E-state index in [0.29, 0.717) is 0 Å². The summed E-state index contributed by atoms with van der Waals surface area (Å²) in [6.07, 6.45) is 6.04. The van der Waals surface area contributed by atoms with E-state index in [4.69, 9.17) is 4.74 Å². The Labute approximate surface area is 94.0 Å². The summed E-state index contributed by atoms with van der Waals surface area (Å²) in [7, 11) is 0. The maximum Gasteiger partial charge on any atom is 0.160 e. The first-order chi connectivity index (χ1) is 6.96. The van der Waals surface area contributed by atoms with Crippen LogP contribution in [0, 0.1) is 5.41 Å². The molecule has 2 nitrogen and oxygen atoms in total. The molecule has 0 aromatic heterocycles. The van der Waals surface area contributed by atoms with Gasteiger partial charge in [0.05, 0.1) is 5.60 Å². The highest BCUT2D eigenvalue weighted by Crippen LogP contribution is 2.39. The van der Waals surface area contributed by atoms with Gasteiger partial charge in [0.15, 0.2) is 6.29 Å². The summed E-state index contributed by atoms with van der Waals surface area (Å²) in [5, 5.41) is 10.1. The van der Waals surface area contributed by atoms with Gasteiger partial charge in [-0.25, -0.2) is 0 Å². The van der Waals surface area contributed by atoms with Crippen LogP contribution in [0.4, 0.5) is 0 Å². The van der Waals surface area contributed by atoms with Crippen molar-refractivity contribution in [3.05, 3.63) is 0 Å². The third-order valence-corrected chi connectivity index (χ3v) is 4.10. The normalized spacial score (nSPS) is 23.0. The van der Waals surface area contributed by atoms with Crippen molar-refractivity contribution >= 4 is 0 Å². The molecule has 0 aliphatic heterocycles. The van der Waals surface area contributed by atoms with E-state index in [-0.39, 0.29) is 11.0 Å². The zero-order chi connectivity index (χ0) is 11.5. The molecular weight excluding hydrogens is 188 g/mol. The third-order valence-electron chi connectivity index (χ3n) is 4.10. The Hall–Kier alpha value is -0.0800. The van der Waals surface area contributed by atoms with Crippen LogP contribution in [0.1, 0.15) is 66.2 Å². The standard InChI is InChI=1S/C13H26O2/c1-5-12(3,4)11(14)15-13(6-2)9-7-8-10-13/h11,14H,5-10H2,1-4H3. The lowest BCUT2D eigenvalue weighted by atomic mass is 9.88. The van der Waals surface area contributed by atoms with Crippen molar-refractivity contribution in [2.45, 2.75) is 78.1 Å². The number of hydrogen-bond acceptors (Lipinski definition) is 2. The van der Waals surface area contributed by atoms with Crippen LogP contribution in [0.25, 0.3) is 0 Å². The predicted octanol–water partition coefficient (Wildman–Crippen LogP) is 3.48. The highest BCUT2D eigenvalue weighted by molar-refractivity contribution is 4.86. The molecule has 1 unspecified atom stereocenters. The van der Waals surface area contributed by atoms with E-state index in [1.165, 1.54) is 12.8 Å². The lowest BCUT2D eigenvalue weighted by molar-refractivity contribution is -0.230. The quantitative estimate of drug-likeness (QED) is 0.710. The van der Waals surface area contributed by atoms with Gasteiger partial charge in [-0.2, -0.15) is 0 Å². The molecule has 0 aromatic rings. The molecule has 0 bridgehead atoms. The number of hydrogen-bond donors (Lipinski definition) is 1. The Morgan fingerprint density at radius 1 is 1.27 bits per heavy atom. The van der Waals surface area contributed by atoms with Crippen LogP contribution in [-0.2, 0) is 4.74 Å². The van der Waals surface area contributed by atoms with Crippen LogP contribution in [0.2, 0.25) is 0 Å². The highest BCUT2D eigenvalue weighted by atomic mass is 16.6. The molecule has 0 radical (unpaired) electrons. The molecule has 15 heavy (non-hydrogen) atoms. The van der Waals surface area contributed by atoms with E-state index in [1.54, 1.807) is 0 Å². The van der Waals surface area contributed by atoms with Crippen molar-refractivity contribution in [3.63, 3.8) is 0 Å². The topological polar surface area (TPSA) is 29.5 Å². The fourth-order valence-corrected chi connectivity index (χ4v) is 2.15. The van der Waals surface area contributed by atoms with Crippen molar-refractivity contribution < 1.29 is 9.84 Å². The Bertz CT molecular complexity index is 193. The van der Waals surface area contributed by atoms with Gasteiger partial charge in [-0.15, -0.1) is 0 Å². The maximum absolute atomic E-state index is 10.1. The maximum atomic E-state index is 10.1. The van der Waals surface area contributed by atoms with Gasteiger partial charge in [0.1, 0.15) is 0 Å². The summed E-state index contributed by atoms with van der Waals surface area (Å²) < 4.78 is 5.96. The highest BCUT2D eigenvalue weighted by Gasteiger charge is 2.38. The summed E-state index contributed by atoms with van der Waals surface area (Å²) >= 11 is 0. The number of rotatable bonds is 5. The largest absolute Gasteiger partial charge is 0.367 e. The van der Waals surface area contributed by atoms with Crippen LogP contribution in [0.3, 0.4) is 0 Å². The lowest BCUT2D eigenvalue weighted by Gasteiger charge is -2.37. The van der Waals surface area contributed by atoms with Crippen molar-refractivity contribution in [2.24, 2.45) is 5.41 Å². The molecule has 2 heteroatoms. The van der Waals surface area contributed by atoms with Crippen molar-refractivity contribution in [3.8, 4) is 0 Å². The SMILES string of the molecule is CCC1(OC(O)C(C)(C)CC)CCCC1. The molecule has 0 aromatic carbocycles. The predicted molar refractivity (Wildman–Crippen MR) is 62.7 cm³/mol. The minimum absolute atomic E-state index is 0.0359. The monoisotopic (exact) mass is 214 g/mol. The van der Waals surface area contributed by atoms with E-state index in [0.717, 1.165) is 25.7 Å². The second kappa shape index (κ2) is 4.84. The van der Waals surface area contributed by atoms with Gasteiger partial charge in [0, 0.05) is 5.41 Å². The number of aliphatic hydroxyl groups is 1. The summed E-state index contributed by atoms with van der Waals surface area (Å²) in [6.45, 7) is 8.39. The van der Waals surface area contributed by atoms with Crippen LogP contribution in [-0.4, -0.2) is 17.0 Å². The summed E-state index contributed by atoms with van der Waals surface area (Å²) in [6, 6.07) is 0. The van der Waals surface area contributed by atoms with Crippen molar-refractivity contribution in [2.75, 3.05) is 0 Å². The van der Waals surface area contributed by atoms with Crippen LogP contribution in [0.15, 0.2) is 0 Å². The Morgan fingerprint density at radius 3 is 2.20 bits per heavy atom. The molecule has 0 heterocycles. The second-order valence-electron chi connectivity index (χ2n) is 5.56. The van der Waals surface area contributed by atoms with Gasteiger partial charge in [-0.3, -0.25) is 0 Å². The van der Waals surface area contributed by atoms with Crippen molar-refractivity contribution in [1.29, 1.82) is 0 Å². The molecule has 1 rings (SSSR count). The van der Waals surface area contributed by atoms with Crippen LogP contribution >= 0.6 is 0 Å². The molecule has 1 N–H and O–H groups in total. The minimum atomic E-state index is -0.624. The first kappa shape index (κ1) is 13.0. The zero-order valence-corrected chi connectivity index (χ0v) is 10.7. The molecule has 0 amide bonds. The third kappa shape index (κ3) is 2.94. The lowest BCUT2D eigenvalue weighted by Crippen LogP contribution is -2.40. The molecule has 1 atom stereocenters. The van der Waals surface area contributed by atoms with E-state index < -0.39 is 6.29 Å². The number of aliphatic hydroxyl groups excluding tert-OH is 1. The number of ether oxygens (including phenoxy) is 1. The smallest absolute Gasteiger partial charge is 0.160 e. The van der Waals surface area contributed by atoms with Gasteiger partial charge < -0.3 is 9.84 Å². The fraction of sp³-hybridized carbons (Fsp3) is 1.00. The fourth-order valence-electron chi connectivity index (χ4n) is 2.15. The minimum Gasteiger partial charge on any atom is -0.367 e. The van der Waals surface area contributed by atoms with E-state index in [2.05, 4.69) is 27.7 Å². The van der Waals surface area contributed by atoms with Crippen LogP contribution in [0.5, 0.6) is 0 Å². The molecule has 0 spiro atoms. The van der Waals surface area contributed by atoms with Crippen molar-refractivity contribution in [1.82, 2.24) is 0 Å². The van der Waals surface area contributed by atoms with E-state index >= 15 is 0 Å². The summed E-state index contributed by atoms with van der Waals surface area (Å²) in [5.41, 5.74) is -0.170. The van der Waals surface area contributed by atoms with Gasteiger partial charge in [0.25, 0.3) is 0 Å². The Balaban J connectivity index is 2.59. The average Bonchev–Trinajstić information content (AvgIpc) is 2.67.